The van der Waals surface area contributed by atoms with Crippen molar-refractivity contribution in [2.24, 2.45) is 5.73 Å². The number of hydrogen-bond acceptors (Lipinski definition) is 5. The van der Waals surface area contributed by atoms with Gasteiger partial charge < -0.3 is 20.7 Å². The van der Waals surface area contributed by atoms with Gasteiger partial charge in [0.05, 0.1) is 24.2 Å². The minimum Gasteiger partial charge on any atom is -0.368 e. The summed E-state index contributed by atoms with van der Waals surface area (Å²) in [5.74, 6) is -1.53. The lowest BCUT2D eigenvalue weighted by Crippen LogP contribution is -2.59. The van der Waals surface area contributed by atoms with E-state index in [1.807, 2.05) is 31.2 Å². The van der Waals surface area contributed by atoms with Crippen LogP contribution in [0.1, 0.15) is 54.2 Å². The second-order valence-corrected chi connectivity index (χ2v) is 10.7. The standard InChI is InChI=1S/C31H30Cl2N4O4/c1-2-3-25(30(39)36-18-27(35)38)37-28(21-8-12-23(32)13-9-21)29(22-10-14-24(33)15-11-22)41-26(31(37)40)16-19-4-6-20(17-34)7-5-19/h4-15,25-26,28-29H,2-3,16,18H2,1H3,(H2,35,38)(H,36,39)/t25-,26+,28-,29+/m1/s1. The lowest BCUT2D eigenvalue weighted by atomic mass is 9.88. The number of carbonyl (C=O) groups excluding carboxylic acids is 3. The number of carbonyl (C=O) groups is 3. The number of ether oxygens (including phenoxy) is 1. The number of benzene rings is 3. The highest BCUT2D eigenvalue weighted by atomic mass is 35.5. The van der Waals surface area contributed by atoms with E-state index in [4.69, 9.17) is 33.7 Å². The van der Waals surface area contributed by atoms with Crippen LogP contribution in [0.15, 0.2) is 72.8 Å². The number of morpholine rings is 1. The van der Waals surface area contributed by atoms with Gasteiger partial charge in [0.2, 0.25) is 11.8 Å². The van der Waals surface area contributed by atoms with Gasteiger partial charge in [0.15, 0.2) is 0 Å². The van der Waals surface area contributed by atoms with Crippen molar-refractivity contribution in [2.45, 2.75) is 50.5 Å². The molecule has 1 aliphatic rings. The molecule has 3 amide bonds. The molecule has 0 saturated carbocycles. The van der Waals surface area contributed by atoms with E-state index in [1.165, 1.54) is 0 Å². The van der Waals surface area contributed by atoms with Gasteiger partial charge in [0.1, 0.15) is 18.2 Å². The molecule has 1 fully saturated rings. The van der Waals surface area contributed by atoms with Crippen LogP contribution in [0, 0.1) is 11.3 Å². The Balaban J connectivity index is 1.84. The van der Waals surface area contributed by atoms with E-state index in [-0.39, 0.29) is 18.9 Å². The number of nitrogens with two attached hydrogens (primary N) is 1. The summed E-state index contributed by atoms with van der Waals surface area (Å²) in [5, 5.41) is 12.8. The number of primary amides is 1. The highest BCUT2D eigenvalue weighted by Crippen LogP contribution is 2.44. The van der Waals surface area contributed by atoms with Crippen molar-refractivity contribution in [3.8, 4) is 6.07 Å². The first-order chi connectivity index (χ1) is 19.7. The van der Waals surface area contributed by atoms with Crippen LogP contribution in [-0.2, 0) is 25.5 Å². The third-order valence-corrected chi connectivity index (χ3v) is 7.48. The largest absolute Gasteiger partial charge is 0.368 e. The summed E-state index contributed by atoms with van der Waals surface area (Å²) in [6.07, 6.45) is -0.441. The van der Waals surface area contributed by atoms with Crippen LogP contribution in [0.25, 0.3) is 0 Å². The number of nitriles is 1. The fourth-order valence-corrected chi connectivity index (χ4v) is 5.29. The SMILES string of the molecule is CCC[C@H](C(=O)NCC(N)=O)N1C(=O)[C@H](Cc2ccc(C#N)cc2)O[C@@H](c2ccc(Cl)cc2)[C@H]1c1ccc(Cl)cc1. The van der Waals surface area contributed by atoms with Crippen molar-refractivity contribution in [1.29, 1.82) is 5.26 Å². The Labute approximate surface area is 249 Å². The molecule has 1 heterocycles. The van der Waals surface area contributed by atoms with Crippen molar-refractivity contribution in [2.75, 3.05) is 6.54 Å². The average molecular weight is 594 g/mol. The quantitative estimate of drug-likeness (QED) is 0.347. The summed E-state index contributed by atoms with van der Waals surface area (Å²) in [6.45, 7) is 1.57. The van der Waals surface area contributed by atoms with Gasteiger partial charge in [-0.3, -0.25) is 14.4 Å². The van der Waals surface area contributed by atoms with E-state index in [0.717, 1.165) is 16.7 Å². The predicted octanol–water partition coefficient (Wildman–Crippen LogP) is 4.89. The first-order valence-corrected chi connectivity index (χ1v) is 14.0. The molecule has 10 heteroatoms. The van der Waals surface area contributed by atoms with E-state index in [0.29, 0.717) is 28.5 Å². The molecule has 4 rings (SSSR count). The van der Waals surface area contributed by atoms with Crippen molar-refractivity contribution in [3.63, 3.8) is 0 Å². The number of rotatable bonds is 10. The van der Waals surface area contributed by atoms with Gasteiger partial charge >= 0.3 is 0 Å². The zero-order valence-electron chi connectivity index (χ0n) is 22.4. The molecule has 0 unspecified atom stereocenters. The highest BCUT2D eigenvalue weighted by molar-refractivity contribution is 6.30. The van der Waals surface area contributed by atoms with Crippen LogP contribution >= 0.6 is 23.2 Å². The van der Waals surface area contributed by atoms with Gasteiger partial charge in [0.25, 0.3) is 5.91 Å². The maximum absolute atomic E-state index is 14.3. The predicted molar refractivity (Wildman–Crippen MR) is 156 cm³/mol. The Bertz CT molecular complexity index is 1420. The number of nitrogens with zero attached hydrogens (tertiary/aromatic N) is 2. The lowest BCUT2D eigenvalue weighted by Gasteiger charge is -2.47. The lowest BCUT2D eigenvalue weighted by molar-refractivity contribution is -0.181. The molecule has 0 aromatic heterocycles. The number of nitrogens with one attached hydrogen (secondary N) is 1. The molecule has 0 radical (unpaired) electrons. The summed E-state index contributed by atoms with van der Waals surface area (Å²) in [7, 11) is 0. The van der Waals surface area contributed by atoms with Crippen LogP contribution in [0.3, 0.4) is 0 Å². The second kappa shape index (κ2) is 13.6. The summed E-state index contributed by atoms with van der Waals surface area (Å²) < 4.78 is 6.58. The third kappa shape index (κ3) is 7.25. The van der Waals surface area contributed by atoms with Crippen molar-refractivity contribution in [3.05, 3.63) is 105 Å². The fraction of sp³-hybridized carbons (Fsp3) is 0.290. The molecule has 4 atom stereocenters. The average Bonchev–Trinajstić information content (AvgIpc) is 2.97. The molecule has 8 nitrogen and oxygen atoms in total. The fourth-order valence-electron chi connectivity index (χ4n) is 5.04. The molecular formula is C31H30Cl2N4O4. The monoisotopic (exact) mass is 592 g/mol. The van der Waals surface area contributed by atoms with Gasteiger partial charge in [-0.25, -0.2) is 0 Å². The first kappa shape index (κ1) is 30.1. The summed E-state index contributed by atoms with van der Waals surface area (Å²) in [4.78, 5) is 40.9. The van der Waals surface area contributed by atoms with Gasteiger partial charge in [-0.05, 0) is 59.5 Å². The summed E-state index contributed by atoms with van der Waals surface area (Å²) in [5.41, 5.74) is 8.09. The Hall–Kier alpha value is -3.90. The number of halogens is 2. The molecule has 0 aliphatic carbocycles. The topological polar surface area (TPSA) is 126 Å². The van der Waals surface area contributed by atoms with Crippen molar-refractivity contribution < 1.29 is 19.1 Å². The molecule has 41 heavy (non-hydrogen) atoms. The van der Waals surface area contributed by atoms with Gasteiger partial charge in [-0.2, -0.15) is 5.26 Å². The van der Waals surface area contributed by atoms with E-state index in [1.54, 1.807) is 53.4 Å². The summed E-state index contributed by atoms with van der Waals surface area (Å²) >= 11 is 12.4. The Morgan fingerprint density at radius 3 is 2.12 bits per heavy atom. The van der Waals surface area contributed by atoms with E-state index >= 15 is 0 Å². The first-order valence-electron chi connectivity index (χ1n) is 13.3. The molecule has 1 aliphatic heterocycles. The van der Waals surface area contributed by atoms with Crippen LogP contribution < -0.4 is 11.1 Å². The highest BCUT2D eigenvalue weighted by Gasteiger charge is 2.48. The van der Waals surface area contributed by atoms with Crippen LogP contribution in [0.4, 0.5) is 0 Å². The van der Waals surface area contributed by atoms with E-state index in [2.05, 4.69) is 11.4 Å². The maximum Gasteiger partial charge on any atom is 0.253 e. The van der Waals surface area contributed by atoms with Gasteiger partial charge in [-0.15, -0.1) is 0 Å². The molecule has 212 valence electrons. The van der Waals surface area contributed by atoms with Gasteiger partial charge in [-0.1, -0.05) is 72.9 Å². The minimum absolute atomic E-state index is 0.222. The van der Waals surface area contributed by atoms with E-state index < -0.39 is 36.1 Å². The van der Waals surface area contributed by atoms with Crippen molar-refractivity contribution in [1.82, 2.24) is 10.2 Å². The smallest absolute Gasteiger partial charge is 0.253 e. The zero-order valence-corrected chi connectivity index (χ0v) is 23.9. The second-order valence-electron chi connectivity index (χ2n) is 9.84. The zero-order chi connectivity index (χ0) is 29.5. The van der Waals surface area contributed by atoms with Crippen LogP contribution in [0.2, 0.25) is 10.0 Å². The summed E-state index contributed by atoms with van der Waals surface area (Å²) in [6, 6.07) is 21.7. The molecule has 3 aromatic rings. The Morgan fingerprint density at radius 2 is 1.59 bits per heavy atom. The Morgan fingerprint density at radius 1 is 1.00 bits per heavy atom. The van der Waals surface area contributed by atoms with Crippen LogP contribution in [-0.4, -0.2) is 41.3 Å². The maximum atomic E-state index is 14.3. The minimum atomic E-state index is -0.935. The number of hydrogen-bond donors (Lipinski definition) is 2. The number of amides is 3. The molecule has 0 bridgehead atoms. The molecule has 0 spiro atoms. The van der Waals surface area contributed by atoms with E-state index in [9.17, 15) is 19.6 Å². The molecule has 3 aromatic carbocycles. The van der Waals surface area contributed by atoms with Crippen molar-refractivity contribution >= 4 is 40.9 Å². The Kier molecular flexibility index (Phi) is 10.0. The molecular weight excluding hydrogens is 563 g/mol. The molecule has 1 saturated heterocycles. The van der Waals surface area contributed by atoms with Gasteiger partial charge in [0, 0.05) is 16.5 Å². The normalized spacial score (nSPS) is 19.3. The van der Waals surface area contributed by atoms with Crippen LogP contribution in [0.5, 0.6) is 0 Å². The third-order valence-electron chi connectivity index (χ3n) is 6.98. The molecule has 3 N–H and O–H groups in total.